The molecule has 0 radical (unpaired) electrons. The third-order valence-electron chi connectivity index (χ3n) is 3.98. The lowest BCUT2D eigenvalue weighted by atomic mass is 9.94. The predicted molar refractivity (Wildman–Crippen MR) is 81.5 cm³/mol. The van der Waals surface area contributed by atoms with Crippen molar-refractivity contribution < 1.29 is 5.11 Å². The summed E-state index contributed by atoms with van der Waals surface area (Å²) in [6.07, 6.45) is 6.62. The number of hydrogen-bond donors (Lipinski definition) is 3. The Morgan fingerprint density at radius 3 is 3.10 bits per heavy atom. The number of nitrogens with two attached hydrogens (primary N) is 1. The Morgan fingerprint density at radius 1 is 1.50 bits per heavy atom. The highest BCUT2D eigenvalue weighted by molar-refractivity contribution is 7.98. The Hall–Kier alpha value is -1.31. The quantitative estimate of drug-likeness (QED) is 0.756. The summed E-state index contributed by atoms with van der Waals surface area (Å²) in [5.74, 6) is 1.57. The highest BCUT2D eigenvalue weighted by Crippen LogP contribution is 2.31. The number of nitrogen functional groups attached to an aromatic ring is 1. The number of aromatic nitrogens is 3. The van der Waals surface area contributed by atoms with Crippen molar-refractivity contribution in [2.45, 2.75) is 25.0 Å². The van der Waals surface area contributed by atoms with Crippen LogP contribution in [0.2, 0.25) is 0 Å². The average Bonchev–Trinajstić information content (AvgIpc) is 2.85. The van der Waals surface area contributed by atoms with E-state index in [1.54, 1.807) is 0 Å². The zero-order chi connectivity index (χ0) is 14.1. The van der Waals surface area contributed by atoms with Crippen LogP contribution >= 0.6 is 11.8 Å². The van der Waals surface area contributed by atoms with Crippen LogP contribution in [0.3, 0.4) is 0 Å². The molecule has 6 nitrogen and oxygen atoms in total. The van der Waals surface area contributed by atoms with Crippen molar-refractivity contribution >= 4 is 28.6 Å². The fraction of sp³-hybridized carbons (Fsp3) is 0.538. The molecule has 3 heterocycles. The molecule has 7 heteroatoms. The summed E-state index contributed by atoms with van der Waals surface area (Å²) in [6.45, 7) is 0.997. The molecule has 1 aliphatic rings. The minimum atomic E-state index is 0.213. The SMILES string of the molecule is CSC[C@@H]1C[C@@H](CO)N1Cc1c[nH]c2c(N)ncnc12. The highest BCUT2D eigenvalue weighted by Gasteiger charge is 2.37. The molecule has 2 aromatic rings. The molecule has 0 spiro atoms. The lowest BCUT2D eigenvalue weighted by Gasteiger charge is -2.47. The van der Waals surface area contributed by atoms with Gasteiger partial charge >= 0.3 is 0 Å². The van der Waals surface area contributed by atoms with E-state index in [1.807, 2.05) is 18.0 Å². The summed E-state index contributed by atoms with van der Waals surface area (Å²) in [7, 11) is 0. The van der Waals surface area contributed by atoms with Gasteiger partial charge in [-0.15, -0.1) is 0 Å². The largest absolute Gasteiger partial charge is 0.395 e. The van der Waals surface area contributed by atoms with Crippen LogP contribution in [0.15, 0.2) is 12.5 Å². The molecule has 0 amide bonds. The van der Waals surface area contributed by atoms with Crippen LogP contribution in [-0.4, -0.2) is 55.7 Å². The van der Waals surface area contributed by atoms with E-state index in [0.29, 0.717) is 11.9 Å². The van der Waals surface area contributed by atoms with Crippen molar-refractivity contribution in [2.24, 2.45) is 0 Å². The average molecular weight is 293 g/mol. The van der Waals surface area contributed by atoms with E-state index in [4.69, 9.17) is 5.73 Å². The Kier molecular flexibility index (Phi) is 3.82. The first kappa shape index (κ1) is 13.7. The number of fused-ring (bicyclic) bond motifs is 1. The number of nitrogens with one attached hydrogen (secondary N) is 1. The van der Waals surface area contributed by atoms with Crippen molar-refractivity contribution in [3.05, 3.63) is 18.1 Å². The molecule has 0 aliphatic carbocycles. The molecule has 20 heavy (non-hydrogen) atoms. The minimum absolute atomic E-state index is 0.213. The number of thioether (sulfide) groups is 1. The maximum Gasteiger partial charge on any atom is 0.151 e. The van der Waals surface area contributed by atoms with Crippen LogP contribution < -0.4 is 5.73 Å². The van der Waals surface area contributed by atoms with Gasteiger partial charge in [-0.25, -0.2) is 9.97 Å². The monoisotopic (exact) mass is 293 g/mol. The van der Waals surface area contributed by atoms with E-state index < -0.39 is 0 Å². The predicted octanol–water partition coefficient (Wildman–Crippen LogP) is 0.838. The number of likely N-dealkylation sites (tertiary alicyclic amines) is 1. The molecule has 108 valence electrons. The van der Waals surface area contributed by atoms with Gasteiger partial charge in [0.2, 0.25) is 0 Å². The van der Waals surface area contributed by atoms with Crippen LogP contribution in [0.4, 0.5) is 5.82 Å². The van der Waals surface area contributed by atoms with Gasteiger partial charge in [-0.1, -0.05) is 0 Å². The first-order valence-electron chi connectivity index (χ1n) is 6.66. The zero-order valence-corrected chi connectivity index (χ0v) is 12.2. The number of rotatable bonds is 5. The second kappa shape index (κ2) is 5.59. The molecular weight excluding hydrogens is 274 g/mol. The summed E-state index contributed by atoms with van der Waals surface area (Å²) in [4.78, 5) is 13.8. The van der Waals surface area contributed by atoms with Crippen molar-refractivity contribution in [3.63, 3.8) is 0 Å². The van der Waals surface area contributed by atoms with Crippen molar-refractivity contribution in [3.8, 4) is 0 Å². The standard InChI is InChI=1S/C13H19N5OS/c1-20-6-10-2-9(5-19)18(10)4-8-3-15-12-11(8)16-7-17-13(12)14/h3,7,9-10,15,19H,2,4-6H2,1H3,(H2,14,16,17)/t9-,10-/m0/s1. The third-order valence-corrected chi connectivity index (χ3v) is 4.69. The number of anilines is 1. The van der Waals surface area contributed by atoms with Gasteiger partial charge in [0.25, 0.3) is 0 Å². The van der Waals surface area contributed by atoms with Gasteiger partial charge < -0.3 is 15.8 Å². The number of aromatic amines is 1. The molecule has 0 aromatic carbocycles. The summed E-state index contributed by atoms with van der Waals surface area (Å²) in [5, 5.41) is 9.43. The smallest absolute Gasteiger partial charge is 0.151 e. The molecule has 0 bridgehead atoms. The summed E-state index contributed by atoms with van der Waals surface area (Å²) in [5.41, 5.74) is 8.62. The van der Waals surface area contributed by atoms with Gasteiger partial charge in [-0.05, 0) is 12.7 Å². The fourth-order valence-electron chi connectivity index (χ4n) is 2.87. The lowest BCUT2D eigenvalue weighted by Crippen LogP contribution is -2.57. The maximum absolute atomic E-state index is 9.43. The zero-order valence-electron chi connectivity index (χ0n) is 11.4. The Balaban J connectivity index is 1.83. The Labute approximate surface area is 121 Å². The Bertz CT molecular complexity index is 601. The van der Waals surface area contributed by atoms with Gasteiger partial charge in [0.05, 0.1) is 12.1 Å². The van der Waals surface area contributed by atoms with Crippen molar-refractivity contribution in [1.82, 2.24) is 19.9 Å². The minimum Gasteiger partial charge on any atom is -0.395 e. The number of aliphatic hydroxyl groups is 1. The van der Waals surface area contributed by atoms with E-state index in [-0.39, 0.29) is 12.6 Å². The fourth-order valence-corrected chi connectivity index (χ4v) is 3.58. The maximum atomic E-state index is 9.43. The normalized spacial score (nSPS) is 23.1. The van der Waals surface area contributed by atoms with Crippen molar-refractivity contribution in [2.75, 3.05) is 24.3 Å². The third kappa shape index (κ3) is 2.25. The van der Waals surface area contributed by atoms with E-state index in [9.17, 15) is 5.11 Å². The molecule has 1 aliphatic heterocycles. The van der Waals surface area contributed by atoms with Gasteiger partial charge in [0.1, 0.15) is 11.8 Å². The molecule has 0 saturated carbocycles. The topological polar surface area (TPSA) is 91.1 Å². The summed E-state index contributed by atoms with van der Waals surface area (Å²) in [6, 6.07) is 0.794. The van der Waals surface area contributed by atoms with Gasteiger partial charge in [0, 0.05) is 36.1 Å². The van der Waals surface area contributed by atoms with Crippen LogP contribution in [0.25, 0.3) is 11.0 Å². The van der Waals surface area contributed by atoms with Crippen LogP contribution in [-0.2, 0) is 6.54 Å². The van der Waals surface area contributed by atoms with E-state index in [0.717, 1.165) is 35.3 Å². The van der Waals surface area contributed by atoms with Crippen molar-refractivity contribution in [1.29, 1.82) is 0 Å². The van der Waals surface area contributed by atoms with E-state index in [1.165, 1.54) is 6.33 Å². The molecule has 3 rings (SSSR count). The van der Waals surface area contributed by atoms with Crippen LogP contribution in [0.1, 0.15) is 12.0 Å². The first-order valence-corrected chi connectivity index (χ1v) is 8.06. The molecule has 4 N–H and O–H groups in total. The molecule has 1 saturated heterocycles. The second-order valence-corrected chi connectivity index (χ2v) is 6.06. The van der Waals surface area contributed by atoms with Crippen LogP contribution in [0, 0.1) is 0 Å². The Morgan fingerprint density at radius 2 is 2.35 bits per heavy atom. The molecular formula is C13H19N5OS. The first-order chi connectivity index (χ1) is 9.74. The van der Waals surface area contributed by atoms with Gasteiger partial charge in [0.15, 0.2) is 5.82 Å². The van der Waals surface area contributed by atoms with E-state index in [2.05, 4.69) is 26.1 Å². The van der Waals surface area contributed by atoms with Gasteiger partial charge in [-0.3, -0.25) is 4.90 Å². The summed E-state index contributed by atoms with van der Waals surface area (Å²) >= 11 is 1.84. The number of nitrogens with zero attached hydrogens (tertiary/aromatic N) is 3. The summed E-state index contributed by atoms with van der Waals surface area (Å²) < 4.78 is 0. The van der Waals surface area contributed by atoms with Gasteiger partial charge in [-0.2, -0.15) is 11.8 Å². The lowest BCUT2D eigenvalue weighted by molar-refractivity contribution is -0.0123. The molecule has 2 aromatic heterocycles. The number of hydrogen-bond acceptors (Lipinski definition) is 6. The number of H-pyrrole nitrogens is 1. The molecule has 2 atom stereocenters. The molecule has 0 unspecified atom stereocenters. The van der Waals surface area contributed by atoms with Crippen LogP contribution in [0.5, 0.6) is 0 Å². The van der Waals surface area contributed by atoms with E-state index >= 15 is 0 Å². The molecule has 1 fully saturated rings. The second-order valence-electron chi connectivity index (χ2n) is 5.15. The highest BCUT2D eigenvalue weighted by atomic mass is 32.2. The number of aliphatic hydroxyl groups excluding tert-OH is 1.